The van der Waals surface area contributed by atoms with Gasteiger partial charge in [0.2, 0.25) is 0 Å². The molecule has 0 saturated carbocycles. The minimum atomic E-state index is -3.56. The zero-order valence-corrected chi connectivity index (χ0v) is 9.76. The van der Waals surface area contributed by atoms with Crippen molar-refractivity contribution in [3.63, 3.8) is 0 Å². The number of rotatable bonds is 3. The summed E-state index contributed by atoms with van der Waals surface area (Å²) in [5.74, 6) is 1.75. The van der Waals surface area contributed by atoms with Crippen molar-refractivity contribution in [3.8, 4) is 0 Å². The van der Waals surface area contributed by atoms with E-state index in [2.05, 4.69) is 0 Å². The Morgan fingerprint density at radius 2 is 2.00 bits per heavy atom. The molecule has 0 amide bonds. The smallest absolute Gasteiger partial charge is 0.262 e. The third-order valence-electron chi connectivity index (χ3n) is 2.18. The first-order valence-electron chi connectivity index (χ1n) is 4.74. The third-order valence-corrected chi connectivity index (χ3v) is 4.69. The van der Waals surface area contributed by atoms with Crippen molar-refractivity contribution >= 4 is 21.9 Å². The lowest BCUT2D eigenvalue weighted by Crippen LogP contribution is -2.17. The summed E-state index contributed by atoms with van der Waals surface area (Å²) < 4.78 is 28.6. The maximum absolute atomic E-state index is 11.8. The summed E-state index contributed by atoms with van der Waals surface area (Å²) in [5, 5.41) is 0. The predicted octanol–water partition coefficient (Wildman–Crippen LogP) is 1.90. The zero-order valence-electron chi connectivity index (χ0n) is 8.13. The van der Waals surface area contributed by atoms with Gasteiger partial charge in [-0.1, -0.05) is 18.2 Å². The quantitative estimate of drug-likeness (QED) is 0.762. The molecule has 1 aromatic rings. The molecule has 0 aromatic heterocycles. The van der Waals surface area contributed by atoms with E-state index in [-0.39, 0.29) is 11.0 Å². The molecular weight excluding hydrogens is 232 g/mol. The minimum absolute atomic E-state index is 0.153. The average Bonchev–Trinajstić information content (AvgIpc) is 2.71. The Kier molecular flexibility index (Phi) is 3.33. The lowest BCUT2D eigenvalue weighted by atomic mass is 10.3. The highest BCUT2D eigenvalue weighted by atomic mass is 32.2. The van der Waals surface area contributed by atoms with Gasteiger partial charge in [0.05, 0.1) is 11.0 Å². The van der Waals surface area contributed by atoms with Crippen molar-refractivity contribution in [2.45, 2.75) is 17.4 Å². The Morgan fingerprint density at radius 1 is 1.27 bits per heavy atom. The van der Waals surface area contributed by atoms with Crippen LogP contribution in [0.1, 0.15) is 6.42 Å². The maximum atomic E-state index is 11.8. The van der Waals surface area contributed by atoms with Gasteiger partial charge in [-0.05, 0) is 24.3 Å². The molecule has 1 fully saturated rings. The summed E-state index contributed by atoms with van der Waals surface area (Å²) in [7, 11) is -3.56. The summed E-state index contributed by atoms with van der Waals surface area (Å²) in [6, 6.07) is 8.28. The van der Waals surface area contributed by atoms with Crippen molar-refractivity contribution in [1.82, 2.24) is 0 Å². The van der Waals surface area contributed by atoms with Crippen molar-refractivity contribution in [3.05, 3.63) is 30.3 Å². The minimum Gasteiger partial charge on any atom is -0.262 e. The molecule has 0 spiro atoms. The zero-order chi connectivity index (χ0) is 10.7. The van der Waals surface area contributed by atoms with E-state index in [1.54, 1.807) is 42.1 Å². The number of thioether (sulfide) groups is 1. The largest absolute Gasteiger partial charge is 0.297 e. The monoisotopic (exact) mass is 244 g/mol. The molecule has 0 unspecified atom stereocenters. The summed E-state index contributed by atoms with van der Waals surface area (Å²) in [6.07, 6.45) is 0.664. The molecule has 0 radical (unpaired) electrons. The first-order valence-corrected chi connectivity index (χ1v) is 7.31. The summed E-state index contributed by atoms with van der Waals surface area (Å²) in [6.45, 7) is 0. The lowest BCUT2D eigenvalue weighted by molar-refractivity contribution is 0.236. The Hall–Kier alpha value is -0.520. The fraction of sp³-hybridized carbons (Fsp3) is 0.400. The highest BCUT2D eigenvalue weighted by Crippen LogP contribution is 2.24. The number of hydrogen-bond donors (Lipinski definition) is 0. The van der Waals surface area contributed by atoms with Crippen LogP contribution in [0.25, 0.3) is 0 Å². The van der Waals surface area contributed by atoms with Crippen LogP contribution < -0.4 is 0 Å². The van der Waals surface area contributed by atoms with Gasteiger partial charge < -0.3 is 0 Å². The van der Waals surface area contributed by atoms with Crippen LogP contribution in [0.5, 0.6) is 0 Å². The van der Waals surface area contributed by atoms with Gasteiger partial charge in [0.15, 0.2) is 0 Å². The number of hydrogen-bond acceptors (Lipinski definition) is 4. The van der Waals surface area contributed by atoms with Crippen LogP contribution in [0.2, 0.25) is 0 Å². The molecule has 1 aromatic carbocycles. The molecule has 1 aliphatic heterocycles. The van der Waals surface area contributed by atoms with Crippen molar-refractivity contribution in [2.75, 3.05) is 11.5 Å². The molecule has 0 aliphatic carbocycles. The van der Waals surface area contributed by atoms with E-state index < -0.39 is 10.1 Å². The Bertz CT molecular complexity index is 408. The van der Waals surface area contributed by atoms with Gasteiger partial charge in [-0.2, -0.15) is 20.2 Å². The topological polar surface area (TPSA) is 43.4 Å². The van der Waals surface area contributed by atoms with E-state index >= 15 is 0 Å². The SMILES string of the molecule is O=S(=O)(O[C@@H]1CCSC1)c1ccccc1. The Labute approximate surface area is 94.0 Å². The Morgan fingerprint density at radius 3 is 2.60 bits per heavy atom. The molecule has 1 atom stereocenters. The maximum Gasteiger partial charge on any atom is 0.297 e. The third kappa shape index (κ3) is 2.74. The molecule has 0 bridgehead atoms. The van der Waals surface area contributed by atoms with E-state index in [1.807, 2.05) is 0 Å². The van der Waals surface area contributed by atoms with E-state index in [9.17, 15) is 8.42 Å². The van der Waals surface area contributed by atoms with Gasteiger partial charge in [-0.15, -0.1) is 0 Å². The summed E-state index contributed by atoms with van der Waals surface area (Å²) in [5.41, 5.74) is 0. The number of benzene rings is 1. The molecule has 1 saturated heterocycles. The van der Waals surface area contributed by atoms with E-state index in [4.69, 9.17) is 4.18 Å². The van der Waals surface area contributed by atoms with Gasteiger partial charge in [-0.3, -0.25) is 4.18 Å². The van der Waals surface area contributed by atoms with Gasteiger partial charge >= 0.3 is 0 Å². The van der Waals surface area contributed by atoms with Crippen LogP contribution in [0.4, 0.5) is 0 Å². The van der Waals surface area contributed by atoms with Crippen LogP contribution >= 0.6 is 11.8 Å². The fourth-order valence-electron chi connectivity index (χ4n) is 1.41. The molecule has 0 N–H and O–H groups in total. The second-order valence-corrected chi connectivity index (χ2v) is 6.07. The highest BCUT2D eigenvalue weighted by Gasteiger charge is 2.24. The average molecular weight is 244 g/mol. The first-order chi connectivity index (χ1) is 7.18. The van der Waals surface area contributed by atoms with Crippen molar-refractivity contribution < 1.29 is 12.6 Å². The second kappa shape index (κ2) is 4.55. The summed E-state index contributed by atoms with van der Waals surface area (Å²) in [4.78, 5) is 0.238. The van der Waals surface area contributed by atoms with Crippen LogP contribution in [0.3, 0.4) is 0 Å². The molecule has 1 heterocycles. The second-order valence-electron chi connectivity index (χ2n) is 3.35. The van der Waals surface area contributed by atoms with Crippen LogP contribution in [-0.2, 0) is 14.3 Å². The van der Waals surface area contributed by atoms with Crippen molar-refractivity contribution in [2.24, 2.45) is 0 Å². The van der Waals surface area contributed by atoms with Gasteiger partial charge in [-0.25, -0.2) is 0 Å². The standard InChI is InChI=1S/C10H12O3S2/c11-15(12,10-4-2-1-3-5-10)13-9-6-7-14-8-9/h1-5,9H,6-8H2/t9-/m1/s1. The molecule has 2 rings (SSSR count). The first kappa shape index (κ1) is 11.0. The van der Waals surface area contributed by atoms with Crippen LogP contribution in [0, 0.1) is 0 Å². The van der Waals surface area contributed by atoms with Gasteiger partial charge in [0.25, 0.3) is 10.1 Å². The fourth-order valence-corrected chi connectivity index (χ4v) is 3.71. The van der Waals surface area contributed by atoms with Gasteiger partial charge in [0.1, 0.15) is 0 Å². The Balaban J connectivity index is 2.13. The predicted molar refractivity (Wildman–Crippen MR) is 60.4 cm³/mol. The molecule has 82 valence electrons. The highest BCUT2D eigenvalue weighted by molar-refractivity contribution is 7.99. The van der Waals surface area contributed by atoms with Gasteiger partial charge in [0, 0.05) is 5.75 Å². The normalized spacial score (nSPS) is 21.7. The van der Waals surface area contributed by atoms with Crippen LogP contribution in [-0.4, -0.2) is 26.0 Å². The van der Waals surface area contributed by atoms with Crippen LogP contribution in [0.15, 0.2) is 35.2 Å². The molecule has 1 aliphatic rings. The van der Waals surface area contributed by atoms with Crippen molar-refractivity contribution in [1.29, 1.82) is 0 Å². The lowest BCUT2D eigenvalue weighted by Gasteiger charge is -2.10. The molecular formula is C10H12O3S2. The molecule has 5 heteroatoms. The van der Waals surface area contributed by atoms with E-state index in [0.717, 1.165) is 17.9 Å². The molecule has 15 heavy (non-hydrogen) atoms. The van der Waals surface area contributed by atoms with E-state index in [0.29, 0.717) is 0 Å². The van der Waals surface area contributed by atoms with E-state index in [1.165, 1.54) is 0 Å². The molecule has 3 nitrogen and oxygen atoms in total. The summed E-state index contributed by atoms with van der Waals surface area (Å²) >= 11 is 1.73.